The van der Waals surface area contributed by atoms with Crippen molar-refractivity contribution in [3.63, 3.8) is 0 Å². The smallest absolute Gasteiger partial charge is 0.297 e. The van der Waals surface area contributed by atoms with Crippen LogP contribution in [0.4, 0.5) is 0 Å². The Morgan fingerprint density at radius 3 is 2.43 bits per heavy atom. The molecule has 2 rings (SSSR count). The lowest BCUT2D eigenvalue weighted by Crippen LogP contribution is -2.36. The van der Waals surface area contributed by atoms with Gasteiger partial charge in [-0.2, -0.15) is 0 Å². The number of hydrogen-bond acceptors (Lipinski definition) is 2. The summed E-state index contributed by atoms with van der Waals surface area (Å²) in [6, 6.07) is 3.11. The van der Waals surface area contributed by atoms with Gasteiger partial charge in [-0.05, 0) is 31.0 Å². The van der Waals surface area contributed by atoms with Crippen LogP contribution in [-0.4, -0.2) is 9.55 Å². The van der Waals surface area contributed by atoms with Crippen LogP contribution in [0.2, 0.25) is 15.2 Å². The quantitative estimate of drug-likeness (QED) is 0.860. The van der Waals surface area contributed by atoms with Gasteiger partial charge in [0.05, 0.1) is 16.3 Å². The van der Waals surface area contributed by atoms with Gasteiger partial charge in [0, 0.05) is 5.02 Å². The second-order valence-corrected chi connectivity index (χ2v) is 5.86. The molecular weight excluding hydrogens is 335 g/mol. The van der Waals surface area contributed by atoms with E-state index < -0.39 is 11.2 Å². The van der Waals surface area contributed by atoms with Crippen molar-refractivity contribution in [1.29, 1.82) is 0 Å². The van der Waals surface area contributed by atoms with E-state index in [1.165, 1.54) is 6.07 Å². The lowest BCUT2D eigenvalue weighted by molar-refractivity contribution is 0.811. The van der Waals surface area contributed by atoms with Gasteiger partial charge in [0.15, 0.2) is 0 Å². The molecule has 1 heterocycles. The molecule has 1 aromatic carbocycles. The molecular formula is C14H13Cl3N2O2. The maximum atomic E-state index is 12.5. The molecule has 0 radical (unpaired) electrons. The molecule has 2 aromatic rings. The van der Waals surface area contributed by atoms with Gasteiger partial charge in [0.25, 0.3) is 5.56 Å². The number of nitrogens with one attached hydrogen (secondary N) is 1. The summed E-state index contributed by atoms with van der Waals surface area (Å²) >= 11 is 18.1. The predicted octanol–water partition coefficient (Wildman–Crippen LogP) is 3.75. The van der Waals surface area contributed by atoms with Crippen molar-refractivity contribution in [2.75, 3.05) is 0 Å². The van der Waals surface area contributed by atoms with Crippen LogP contribution in [0.3, 0.4) is 0 Å². The summed E-state index contributed by atoms with van der Waals surface area (Å²) in [6.07, 6.45) is 1.19. The van der Waals surface area contributed by atoms with Crippen LogP contribution in [0.1, 0.15) is 24.5 Å². The number of nitrogens with zero attached hydrogens (tertiary/aromatic N) is 1. The Kier molecular flexibility index (Phi) is 4.81. The van der Waals surface area contributed by atoms with Gasteiger partial charge in [-0.1, -0.05) is 48.1 Å². The zero-order valence-electron chi connectivity index (χ0n) is 11.5. The fourth-order valence-electron chi connectivity index (χ4n) is 2.04. The third kappa shape index (κ3) is 3.03. The molecule has 0 unspecified atom stereocenters. The van der Waals surface area contributed by atoms with Crippen LogP contribution in [0.5, 0.6) is 0 Å². The number of aryl methyl sites for hydroxylation is 1. The van der Waals surface area contributed by atoms with E-state index in [-0.39, 0.29) is 15.9 Å². The average Bonchev–Trinajstić information content (AvgIpc) is 2.40. The predicted molar refractivity (Wildman–Crippen MR) is 86.4 cm³/mol. The first-order valence-corrected chi connectivity index (χ1v) is 7.50. The molecule has 0 atom stereocenters. The van der Waals surface area contributed by atoms with Crippen LogP contribution in [0.15, 0.2) is 21.7 Å². The molecule has 1 N–H and O–H groups in total. The van der Waals surface area contributed by atoms with Gasteiger partial charge in [0.2, 0.25) is 0 Å². The molecule has 0 amide bonds. The van der Waals surface area contributed by atoms with E-state index in [9.17, 15) is 9.59 Å². The first-order valence-electron chi connectivity index (χ1n) is 6.36. The highest BCUT2D eigenvalue weighted by atomic mass is 35.5. The maximum absolute atomic E-state index is 12.5. The van der Waals surface area contributed by atoms with Crippen molar-refractivity contribution < 1.29 is 0 Å². The van der Waals surface area contributed by atoms with Crippen molar-refractivity contribution in [1.82, 2.24) is 9.55 Å². The van der Waals surface area contributed by atoms with Gasteiger partial charge in [-0.25, -0.2) is 9.36 Å². The fourth-order valence-corrected chi connectivity index (χ4v) is 2.76. The first kappa shape index (κ1) is 16.1. The lowest BCUT2D eigenvalue weighted by Gasteiger charge is -2.11. The summed E-state index contributed by atoms with van der Waals surface area (Å²) in [5.74, 6) is 0. The normalized spacial score (nSPS) is 10.9. The SMILES string of the molecule is CCCc1c(Cl)[nH]c(=O)n(-c2cc(Cl)c(C)cc2Cl)c1=O. The Bertz CT molecular complexity index is 809. The van der Waals surface area contributed by atoms with Crippen molar-refractivity contribution >= 4 is 34.8 Å². The van der Waals surface area contributed by atoms with Gasteiger partial charge in [0.1, 0.15) is 5.15 Å². The van der Waals surface area contributed by atoms with E-state index in [1.807, 2.05) is 6.92 Å². The number of H-pyrrole nitrogens is 1. The van der Waals surface area contributed by atoms with Gasteiger partial charge < -0.3 is 0 Å². The van der Waals surface area contributed by atoms with Crippen molar-refractivity contribution in [3.8, 4) is 5.69 Å². The number of hydrogen-bond donors (Lipinski definition) is 1. The van der Waals surface area contributed by atoms with E-state index in [0.29, 0.717) is 17.0 Å². The second kappa shape index (κ2) is 6.26. The van der Waals surface area contributed by atoms with Gasteiger partial charge in [-0.15, -0.1) is 0 Å². The molecule has 7 heteroatoms. The Morgan fingerprint density at radius 2 is 1.81 bits per heavy atom. The summed E-state index contributed by atoms with van der Waals surface area (Å²) in [5, 5.41) is 0.763. The minimum absolute atomic E-state index is 0.0671. The summed E-state index contributed by atoms with van der Waals surface area (Å²) in [6.45, 7) is 3.70. The summed E-state index contributed by atoms with van der Waals surface area (Å²) in [5.41, 5.74) is 0.232. The van der Waals surface area contributed by atoms with E-state index in [4.69, 9.17) is 34.8 Å². The standard InChI is InChI=1S/C14H13Cl3N2O2/c1-3-4-8-12(17)18-14(21)19(13(8)20)11-6-9(15)7(2)5-10(11)16/h5-6H,3-4H2,1-2H3,(H,18,21). The number of rotatable bonds is 3. The molecule has 0 saturated heterocycles. The van der Waals surface area contributed by atoms with E-state index >= 15 is 0 Å². The maximum Gasteiger partial charge on any atom is 0.334 e. The summed E-state index contributed by atoms with van der Waals surface area (Å²) < 4.78 is 0.963. The fraction of sp³-hybridized carbons (Fsp3) is 0.286. The highest BCUT2D eigenvalue weighted by Crippen LogP contribution is 2.26. The molecule has 0 saturated carbocycles. The Labute approximate surface area is 136 Å². The number of aromatic nitrogens is 2. The third-order valence-corrected chi connectivity index (χ3v) is 4.15. The van der Waals surface area contributed by atoms with Gasteiger partial charge in [-0.3, -0.25) is 9.78 Å². The highest BCUT2D eigenvalue weighted by Gasteiger charge is 2.16. The minimum Gasteiger partial charge on any atom is -0.297 e. The third-order valence-electron chi connectivity index (χ3n) is 3.11. The zero-order chi connectivity index (χ0) is 15.7. The number of benzene rings is 1. The number of aromatic amines is 1. The second-order valence-electron chi connectivity index (χ2n) is 4.67. The molecule has 0 aliphatic heterocycles. The van der Waals surface area contributed by atoms with Crippen LogP contribution in [0.25, 0.3) is 5.69 Å². The summed E-state index contributed by atoms with van der Waals surface area (Å²) in [4.78, 5) is 27.1. The van der Waals surface area contributed by atoms with Crippen molar-refractivity contribution in [3.05, 3.63) is 59.3 Å². The Balaban J connectivity index is 2.82. The molecule has 0 aliphatic rings. The van der Waals surface area contributed by atoms with Crippen LogP contribution in [0, 0.1) is 6.92 Å². The van der Waals surface area contributed by atoms with Crippen LogP contribution in [-0.2, 0) is 6.42 Å². The van der Waals surface area contributed by atoms with Crippen LogP contribution < -0.4 is 11.2 Å². The molecule has 112 valence electrons. The molecule has 1 aromatic heterocycles. The Morgan fingerprint density at radius 1 is 1.14 bits per heavy atom. The van der Waals surface area contributed by atoms with Crippen molar-refractivity contribution in [2.24, 2.45) is 0 Å². The molecule has 0 aliphatic carbocycles. The zero-order valence-corrected chi connectivity index (χ0v) is 13.7. The lowest BCUT2D eigenvalue weighted by atomic mass is 10.2. The molecule has 0 bridgehead atoms. The van der Waals surface area contributed by atoms with E-state index in [1.54, 1.807) is 13.0 Å². The summed E-state index contributed by atoms with van der Waals surface area (Å²) in [7, 11) is 0. The number of halogens is 3. The minimum atomic E-state index is -0.647. The monoisotopic (exact) mass is 346 g/mol. The molecule has 0 fully saturated rings. The Hall–Kier alpha value is -1.23. The molecule has 21 heavy (non-hydrogen) atoms. The largest absolute Gasteiger partial charge is 0.334 e. The van der Waals surface area contributed by atoms with Crippen molar-refractivity contribution in [2.45, 2.75) is 26.7 Å². The van der Waals surface area contributed by atoms with Crippen LogP contribution >= 0.6 is 34.8 Å². The first-order chi connectivity index (χ1) is 9.86. The molecule has 4 nitrogen and oxygen atoms in total. The topological polar surface area (TPSA) is 54.9 Å². The van der Waals surface area contributed by atoms with E-state index in [2.05, 4.69) is 4.98 Å². The van der Waals surface area contributed by atoms with E-state index in [0.717, 1.165) is 16.6 Å². The van der Waals surface area contributed by atoms with Gasteiger partial charge >= 0.3 is 5.69 Å². The highest BCUT2D eigenvalue weighted by molar-refractivity contribution is 6.35. The average molecular weight is 348 g/mol. The molecule has 0 spiro atoms.